The molecule has 0 unspecified atom stereocenters. The van der Waals surface area contributed by atoms with Crippen LogP contribution in [0, 0.1) is 5.92 Å². The van der Waals surface area contributed by atoms with E-state index >= 15 is 0 Å². The predicted octanol–water partition coefficient (Wildman–Crippen LogP) is 5.36. The van der Waals surface area contributed by atoms with Gasteiger partial charge in [-0.1, -0.05) is 76.7 Å². The van der Waals surface area contributed by atoms with Crippen molar-refractivity contribution in [3.8, 4) is 0 Å². The number of amides is 2. The third kappa shape index (κ3) is 8.53. The van der Waals surface area contributed by atoms with Crippen molar-refractivity contribution in [2.45, 2.75) is 33.4 Å². The lowest BCUT2D eigenvalue weighted by molar-refractivity contribution is -0.139. The molecule has 2 aromatic carbocycles. The molecular formula is C23H27BrCl3N3O4S. The summed E-state index contributed by atoms with van der Waals surface area (Å²) in [4.78, 5) is 27.7. The summed E-state index contributed by atoms with van der Waals surface area (Å²) in [5.74, 6) is -0.719. The first-order valence-electron chi connectivity index (χ1n) is 10.6. The van der Waals surface area contributed by atoms with Crippen molar-refractivity contribution in [3.05, 3.63) is 61.5 Å². The van der Waals surface area contributed by atoms with Crippen LogP contribution in [0.3, 0.4) is 0 Å². The van der Waals surface area contributed by atoms with E-state index in [1.165, 1.54) is 17.0 Å². The summed E-state index contributed by atoms with van der Waals surface area (Å²) in [7, 11) is -3.95. The van der Waals surface area contributed by atoms with Gasteiger partial charge in [-0.3, -0.25) is 13.9 Å². The molecule has 192 valence electrons. The SMILES string of the molecule is CC(C)CNC(=O)[C@@H](C)N(Cc1cccc(Br)c1)C(=O)CN(c1cc(Cl)c(Cl)cc1Cl)S(C)(=O)=O. The fraction of sp³-hybridized carbons (Fsp3) is 0.391. The first-order valence-corrected chi connectivity index (χ1v) is 14.4. The maximum absolute atomic E-state index is 13.5. The highest BCUT2D eigenvalue weighted by atomic mass is 79.9. The van der Waals surface area contributed by atoms with E-state index < -0.39 is 28.5 Å². The Balaban J connectivity index is 2.44. The van der Waals surface area contributed by atoms with Crippen molar-refractivity contribution in [2.24, 2.45) is 5.92 Å². The average molecular weight is 628 g/mol. The fourth-order valence-electron chi connectivity index (χ4n) is 3.17. The van der Waals surface area contributed by atoms with Crippen molar-refractivity contribution in [2.75, 3.05) is 23.7 Å². The molecule has 1 N–H and O–H groups in total. The van der Waals surface area contributed by atoms with Gasteiger partial charge in [0.2, 0.25) is 21.8 Å². The smallest absolute Gasteiger partial charge is 0.244 e. The molecule has 0 heterocycles. The number of carbonyl (C=O) groups is 2. The van der Waals surface area contributed by atoms with Gasteiger partial charge in [-0.2, -0.15) is 0 Å². The number of halogens is 4. The maximum Gasteiger partial charge on any atom is 0.244 e. The molecule has 12 heteroatoms. The highest BCUT2D eigenvalue weighted by molar-refractivity contribution is 9.10. The highest BCUT2D eigenvalue weighted by Gasteiger charge is 2.31. The van der Waals surface area contributed by atoms with E-state index in [2.05, 4.69) is 21.2 Å². The Hall–Kier alpha value is -1.52. The minimum Gasteiger partial charge on any atom is -0.354 e. The number of hydrogen-bond donors (Lipinski definition) is 1. The Kier molecular flexibility index (Phi) is 10.7. The molecule has 0 spiro atoms. The molecular weight excluding hydrogens is 601 g/mol. The number of nitrogens with one attached hydrogen (secondary N) is 1. The highest BCUT2D eigenvalue weighted by Crippen LogP contribution is 2.35. The molecule has 0 saturated carbocycles. The Morgan fingerprint density at radius 1 is 1.03 bits per heavy atom. The van der Waals surface area contributed by atoms with Gasteiger partial charge in [0, 0.05) is 17.6 Å². The van der Waals surface area contributed by atoms with Gasteiger partial charge in [-0.25, -0.2) is 8.42 Å². The topological polar surface area (TPSA) is 86.8 Å². The largest absolute Gasteiger partial charge is 0.354 e. The standard InChI is InChI=1S/C23H27BrCl3N3O4S/c1-14(2)11-28-23(32)15(3)29(12-16-6-5-7-17(24)8-16)22(31)13-30(35(4,33)34)21-10-19(26)18(25)9-20(21)27/h5-10,14-15H,11-13H2,1-4H3,(H,28,32)/t15-/m1/s1. The van der Waals surface area contributed by atoms with Gasteiger partial charge in [-0.05, 0) is 42.7 Å². The number of nitrogens with zero attached hydrogens (tertiary/aromatic N) is 2. The van der Waals surface area contributed by atoms with Crippen LogP contribution >= 0.6 is 50.7 Å². The Labute approximate surface area is 229 Å². The molecule has 1 atom stereocenters. The zero-order valence-electron chi connectivity index (χ0n) is 19.7. The Morgan fingerprint density at radius 2 is 1.66 bits per heavy atom. The summed E-state index contributed by atoms with van der Waals surface area (Å²) in [6.45, 7) is 5.45. The molecule has 2 amide bonds. The van der Waals surface area contributed by atoms with Crippen LogP contribution in [-0.2, 0) is 26.2 Å². The zero-order valence-corrected chi connectivity index (χ0v) is 24.4. The fourth-order valence-corrected chi connectivity index (χ4v) is 5.16. The quantitative estimate of drug-likeness (QED) is 0.359. The molecule has 2 rings (SSSR count). The van der Waals surface area contributed by atoms with Crippen LogP contribution in [0.25, 0.3) is 0 Å². The lowest BCUT2D eigenvalue weighted by Crippen LogP contribution is -2.51. The molecule has 0 saturated heterocycles. The molecule has 0 radical (unpaired) electrons. The number of hydrogen-bond acceptors (Lipinski definition) is 4. The normalized spacial score (nSPS) is 12.4. The van der Waals surface area contributed by atoms with Crippen LogP contribution in [-0.4, -0.2) is 50.5 Å². The van der Waals surface area contributed by atoms with Gasteiger partial charge < -0.3 is 10.2 Å². The number of anilines is 1. The molecule has 0 bridgehead atoms. The summed E-state index contributed by atoms with van der Waals surface area (Å²) in [6, 6.07) is 9.02. The summed E-state index contributed by atoms with van der Waals surface area (Å²) >= 11 is 21.7. The molecule has 0 aliphatic carbocycles. The van der Waals surface area contributed by atoms with Crippen LogP contribution in [0.1, 0.15) is 26.3 Å². The lowest BCUT2D eigenvalue weighted by Gasteiger charge is -2.32. The van der Waals surface area contributed by atoms with Gasteiger partial charge in [0.1, 0.15) is 12.6 Å². The third-order valence-corrected chi connectivity index (χ3v) is 7.68. The average Bonchev–Trinajstić information content (AvgIpc) is 2.75. The second-order valence-corrected chi connectivity index (χ2v) is 12.5. The molecule has 0 aliphatic rings. The first kappa shape index (κ1) is 29.7. The van der Waals surface area contributed by atoms with Gasteiger partial charge >= 0.3 is 0 Å². The molecule has 0 aromatic heterocycles. The molecule has 0 fully saturated rings. The van der Waals surface area contributed by atoms with E-state index in [9.17, 15) is 18.0 Å². The van der Waals surface area contributed by atoms with Crippen molar-refractivity contribution in [3.63, 3.8) is 0 Å². The summed E-state index contributed by atoms with van der Waals surface area (Å²) in [5.41, 5.74) is 0.769. The summed E-state index contributed by atoms with van der Waals surface area (Å²) < 4.78 is 27.0. The van der Waals surface area contributed by atoms with Gasteiger partial charge in [0.05, 0.1) is 27.0 Å². The summed E-state index contributed by atoms with van der Waals surface area (Å²) in [5, 5.41) is 3.07. The Bertz CT molecular complexity index is 1190. The molecule has 2 aromatic rings. The molecule has 35 heavy (non-hydrogen) atoms. The van der Waals surface area contributed by atoms with E-state index in [1.54, 1.807) is 6.92 Å². The van der Waals surface area contributed by atoms with Gasteiger partial charge in [0.25, 0.3) is 0 Å². The van der Waals surface area contributed by atoms with Crippen molar-refractivity contribution in [1.82, 2.24) is 10.2 Å². The van der Waals surface area contributed by atoms with E-state index in [0.717, 1.165) is 20.6 Å². The van der Waals surface area contributed by atoms with E-state index in [0.29, 0.717) is 6.54 Å². The second-order valence-electron chi connectivity index (χ2n) is 8.45. The van der Waals surface area contributed by atoms with Crippen molar-refractivity contribution >= 4 is 78.3 Å². The monoisotopic (exact) mass is 625 g/mol. The Morgan fingerprint density at radius 3 is 2.23 bits per heavy atom. The second kappa shape index (κ2) is 12.6. The first-order chi connectivity index (χ1) is 16.2. The van der Waals surface area contributed by atoms with E-state index in [4.69, 9.17) is 34.8 Å². The summed E-state index contributed by atoms with van der Waals surface area (Å²) in [6.07, 6.45) is 0.955. The van der Waals surface area contributed by atoms with Crippen LogP contribution < -0.4 is 9.62 Å². The number of carbonyl (C=O) groups excluding carboxylic acids is 2. The van der Waals surface area contributed by atoms with Crippen molar-refractivity contribution < 1.29 is 18.0 Å². The van der Waals surface area contributed by atoms with Gasteiger partial charge in [-0.15, -0.1) is 0 Å². The molecule has 0 aliphatic heterocycles. The van der Waals surface area contributed by atoms with Gasteiger partial charge in [0.15, 0.2) is 0 Å². The van der Waals surface area contributed by atoms with E-state index in [1.807, 2.05) is 38.1 Å². The van der Waals surface area contributed by atoms with Crippen LogP contribution in [0.5, 0.6) is 0 Å². The zero-order chi connectivity index (χ0) is 26.5. The third-order valence-electron chi connectivity index (χ3n) is 5.03. The maximum atomic E-state index is 13.5. The minimum atomic E-state index is -3.95. The lowest BCUT2D eigenvalue weighted by atomic mass is 10.1. The number of rotatable bonds is 10. The predicted molar refractivity (Wildman–Crippen MR) is 146 cm³/mol. The van der Waals surface area contributed by atoms with Crippen LogP contribution in [0.15, 0.2) is 40.9 Å². The van der Waals surface area contributed by atoms with Crippen LogP contribution in [0.2, 0.25) is 15.1 Å². The van der Waals surface area contributed by atoms with E-state index in [-0.39, 0.29) is 39.1 Å². The van der Waals surface area contributed by atoms with Crippen LogP contribution in [0.4, 0.5) is 5.69 Å². The number of sulfonamides is 1. The van der Waals surface area contributed by atoms with Crippen molar-refractivity contribution in [1.29, 1.82) is 0 Å². The number of benzene rings is 2. The minimum absolute atomic E-state index is 0.0104. The molecule has 7 nitrogen and oxygen atoms in total.